The largest absolute Gasteiger partial charge is 0.389 e. The fraction of sp³-hybridized carbons (Fsp3) is 0.200. The minimum atomic E-state index is -0.981. The first-order valence-electron chi connectivity index (χ1n) is 2.13. The second-order valence-corrected chi connectivity index (χ2v) is 1.06. The molecule has 0 spiro atoms. The van der Waals surface area contributed by atoms with Gasteiger partial charge in [-0.3, -0.25) is 4.79 Å². The molecule has 4 nitrogen and oxygen atoms in total. The Morgan fingerprint density at radius 1 is 1.89 bits per heavy atom. The molecule has 1 N–H and O–H groups in total. The molecule has 48 valence electrons. The second kappa shape index (κ2) is 4.81. The van der Waals surface area contributed by atoms with E-state index in [9.17, 15) is 9.59 Å². The zero-order chi connectivity index (χ0) is 7.11. The fourth-order valence-electron chi connectivity index (χ4n) is 0.173. The molecular weight excluding hydrogens is 122 g/mol. The summed E-state index contributed by atoms with van der Waals surface area (Å²) in [6.45, 7) is 0.0968. The van der Waals surface area contributed by atoms with Gasteiger partial charge in [-0.15, -0.1) is 11.9 Å². The van der Waals surface area contributed by atoms with Gasteiger partial charge in [-0.05, 0) is 0 Å². The standard InChI is InChI=1S/C5H5NO3/c1-2-3-6-9-5(8)4-7/h1,4,6H,3H2. The van der Waals surface area contributed by atoms with E-state index in [1.807, 2.05) is 0 Å². The Hall–Kier alpha value is -1.34. The Morgan fingerprint density at radius 3 is 3.00 bits per heavy atom. The molecule has 0 bridgehead atoms. The quantitative estimate of drug-likeness (QED) is 0.171. The van der Waals surface area contributed by atoms with Crippen LogP contribution in [-0.4, -0.2) is 18.8 Å². The predicted molar refractivity (Wildman–Crippen MR) is 29.0 cm³/mol. The van der Waals surface area contributed by atoms with Crippen LogP contribution in [0, 0.1) is 12.3 Å². The van der Waals surface area contributed by atoms with E-state index < -0.39 is 5.97 Å². The maximum atomic E-state index is 9.97. The summed E-state index contributed by atoms with van der Waals surface area (Å²) in [5.41, 5.74) is 2.07. The number of hydrogen-bond donors (Lipinski definition) is 1. The van der Waals surface area contributed by atoms with E-state index in [1.165, 1.54) is 0 Å². The van der Waals surface area contributed by atoms with Gasteiger partial charge in [0, 0.05) is 0 Å². The van der Waals surface area contributed by atoms with Crippen LogP contribution < -0.4 is 5.48 Å². The highest BCUT2D eigenvalue weighted by Crippen LogP contribution is 1.63. The number of carbonyl (C=O) groups excluding carboxylic acids is 2. The Labute approximate surface area is 52.1 Å². The second-order valence-electron chi connectivity index (χ2n) is 1.06. The molecule has 0 heterocycles. The molecule has 0 aliphatic heterocycles. The zero-order valence-corrected chi connectivity index (χ0v) is 4.59. The van der Waals surface area contributed by atoms with E-state index in [-0.39, 0.29) is 12.8 Å². The molecule has 0 aromatic carbocycles. The van der Waals surface area contributed by atoms with Crippen LogP contribution in [0.15, 0.2) is 0 Å². The van der Waals surface area contributed by atoms with Gasteiger partial charge in [0.15, 0.2) is 0 Å². The van der Waals surface area contributed by atoms with Crippen molar-refractivity contribution in [3.05, 3.63) is 0 Å². The van der Waals surface area contributed by atoms with Crippen molar-refractivity contribution in [1.29, 1.82) is 0 Å². The summed E-state index contributed by atoms with van der Waals surface area (Å²) in [4.78, 5) is 23.5. The van der Waals surface area contributed by atoms with Crippen LogP contribution in [0.3, 0.4) is 0 Å². The van der Waals surface area contributed by atoms with Crippen LogP contribution in [0.25, 0.3) is 0 Å². The van der Waals surface area contributed by atoms with E-state index in [1.54, 1.807) is 0 Å². The topological polar surface area (TPSA) is 55.4 Å². The van der Waals surface area contributed by atoms with Crippen molar-refractivity contribution >= 4 is 12.3 Å². The minimum Gasteiger partial charge on any atom is -0.364 e. The molecule has 0 atom stereocenters. The summed E-state index contributed by atoms with van der Waals surface area (Å²) in [6, 6.07) is 0. The predicted octanol–water partition coefficient (Wildman–Crippen LogP) is -1.13. The van der Waals surface area contributed by atoms with Gasteiger partial charge in [0.05, 0.1) is 6.54 Å². The summed E-state index contributed by atoms with van der Waals surface area (Å²) in [7, 11) is 0. The highest BCUT2D eigenvalue weighted by Gasteiger charge is 1.94. The summed E-state index contributed by atoms with van der Waals surface area (Å²) in [5, 5.41) is 0. The molecule has 0 saturated carbocycles. The SMILES string of the molecule is C#CCNOC(=O)C=O. The van der Waals surface area contributed by atoms with Crippen molar-refractivity contribution in [3.63, 3.8) is 0 Å². The number of aldehydes is 1. The van der Waals surface area contributed by atoms with Crippen molar-refractivity contribution in [2.45, 2.75) is 0 Å². The highest BCUT2D eigenvalue weighted by molar-refractivity contribution is 6.20. The average Bonchev–Trinajstić information content (AvgIpc) is 1.89. The Bertz CT molecular complexity index is 147. The zero-order valence-electron chi connectivity index (χ0n) is 4.59. The van der Waals surface area contributed by atoms with Gasteiger partial charge in [-0.1, -0.05) is 5.92 Å². The normalized spacial score (nSPS) is 7.44. The monoisotopic (exact) mass is 127 g/mol. The molecule has 0 rings (SSSR count). The maximum absolute atomic E-state index is 9.97. The Morgan fingerprint density at radius 2 is 2.56 bits per heavy atom. The molecule has 9 heavy (non-hydrogen) atoms. The van der Waals surface area contributed by atoms with E-state index >= 15 is 0 Å². The summed E-state index contributed by atoms with van der Waals surface area (Å²) in [6.07, 6.45) is 4.81. The van der Waals surface area contributed by atoms with Gasteiger partial charge in [-0.2, -0.15) is 0 Å². The number of nitrogens with one attached hydrogen (secondary N) is 1. The van der Waals surface area contributed by atoms with Crippen molar-refractivity contribution < 1.29 is 14.4 Å². The highest BCUT2D eigenvalue weighted by atomic mass is 16.7. The van der Waals surface area contributed by atoms with Gasteiger partial charge in [0.2, 0.25) is 6.29 Å². The van der Waals surface area contributed by atoms with E-state index in [4.69, 9.17) is 6.42 Å². The molecule has 0 aliphatic carbocycles. The number of rotatable bonds is 3. The first-order chi connectivity index (χ1) is 4.31. The van der Waals surface area contributed by atoms with Gasteiger partial charge < -0.3 is 4.84 Å². The van der Waals surface area contributed by atoms with Crippen molar-refractivity contribution in [3.8, 4) is 12.3 Å². The lowest BCUT2D eigenvalue weighted by molar-refractivity contribution is -0.154. The molecular formula is C5H5NO3. The molecule has 0 aromatic rings. The number of terminal acetylenes is 1. The van der Waals surface area contributed by atoms with Crippen LogP contribution >= 0.6 is 0 Å². The van der Waals surface area contributed by atoms with E-state index in [0.717, 1.165) is 0 Å². The van der Waals surface area contributed by atoms with Gasteiger partial charge in [-0.25, -0.2) is 4.79 Å². The third-order valence-corrected chi connectivity index (χ3v) is 0.443. The average molecular weight is 127 g/mol. The van der Waals surface area contributed by atoms with E-state index in [2.05, 4.69) is 16.2 Å². The molecule has 4 heteroatoms. The molecule has 0 radical (unpaired) electrons. The fourth-order valence-corrected chi connectivity index (χ4v) is 0.173. The minimum absolute atomic E-state index is 0.0452. The molecule has 0 amide bonds. The molecule has 0 fully saturated rings. The number of carbonyl (C=O) groups is 2. The molecule has 0 saturated heterocycles. The summed E-state index contributed by atoms with van der Waals surface area (Å²) >= 11 is 0. The van der Waals surface area contributed by atoms with Crippen molar-refractivity contribution in [2.24, 2.45) is 0 Å². The van der Waals surface area contributed by atoms with Crippen LogP contribution in [0.2, 0.25) is 0 Å². The van der Waals surface area contributed by atoms with Gasteiger partial charge in [0.25, 0.3) is 0 Å². The van der Waals surface area contributed by atoms with E-state index in [0.29, 0.717) is 0 Å². The van der Waals surface area contributed by atoms with Crippen molar-refractivity contribution in [2.75, 3.05) is 6.54 Å². The van der Waals surface area contributed by atoms with Crippen LogP contribution in [0.4, 0.5) is 0 Å². The lowest BCUT2D eigenvalue weighted by Gasteiger charge is -1.94. The number of hydrogen-bond acceptors (Lipinski definition) is 4. The van der Waals surface area contributed by atoms with Crippen LogP contribution in [-0.2, 0) is 14.4 Å². The summed E-state index contributed by atoms with van der Waals surface area (Å²) in [5.74, 6) is 1.16. The molecule has 0 unspecified atom stereocenters. The van der Waals surface area contributed by atoms with Crippen LogP contribution in [0.5, 0.6) is 0 Å². The lowest BCUT2D eigenvalue weighted by Crippen LogP contribution is -2.20. The Balaban J connectivity index is 3.19. The molecule has 0 aliphatic rings. The smallest absolute Gasteiger partial charge is 0.364 e. The third-order valence-electron chi connectivity index (χ3n) is 0.443. The maximum Gasteiger partial charge on any atom is 0.389 e. The summed E-state index contributed by atoms with van der Waals surface area (Å²) < 4.78 is 0. The molecule has 0 aromatic heterocycles. The van der Waals surface area contributed by atoms with Crippen molar-refractivity contribution in [1.82, 2.24) is 5.48 Å². The van der Waals surface area contributed by atoms with Gasteiger partial charge >= 0.3 is 5.97 Å². The van der Waals surface area contributed by atoms with Gasteiger partial charge in [0.1, 0.15) is 0 Å². The lowest BCUT2D eigenvalue weighted by atomic mass is 10.7. The third kappa shape index (κ3) is 4.51. The van der Waals surface area contributed by atoms with Crippen LogP contribution in [0.1, 0.15) is 0 Å². The first kappa shape index (κ1) is 7.66. The first-order valence-corrected chi connectivity index (χ1v) is 2.13. The Kier molecular flexibility index (Phi) is 4.09. The number of hydroxylamine groups is 1.